The Kier molecular flexibility index (Phi) is 5.74. The Morgan fingerprint density at radius 3 is 2.73 bits per heavy atom. The lowest BCUT2D eigenvalue weighted by molar-refractivity contribution is 0.0958. The number of benzene rings is 2. The minimum absolute atomic E-state index is 0.267. The number of oxazole rings is 1. The first-order valence-electron chi connectivity index (χ1n) is 8.96. The van der Waals surface area contributed by atoms with Crippen molar-refractivity contribution in [2.75, 3.05) is 12.4 Å². The quantitative estimate of drug-likeness (QED) is 0.421. The summed E-state index contributed by atoms with van der Waals surface area (Å²) >= 11 is 12.1. The number of hydrogen-bond donors (Lipinski definition) is 2. The van der Waals surface area contributed by atoms with Gasteiger partial charge in [0.2, 0.25) is 0 Å². The number of rotatable bonds is 6. The van der Waals surface area contributed by atoms with Crippen molar-refractivity contribution >= 4 is 46.2 Å². The van der Waals surface area contributed by atoms with E-state index in [4.69, 9.17) is 32.4 Å². The third-order valence-corrected chi connectivity index (χ3v) is 4.82. The molecule has 2 aromatic carbocycles. The number of anilines is 1. The topological polar surface area (TPSA) is 89.3 Å². The van der Waals surface area contributed by atoms with Crippen LogP contribution in [0.3, 0.4) is 0 Å². The van der Waals surface area contributed by atoms with Crippen molar-refractivity contribution in [2.24, 2.45) is 0 Å². The van der Waals surface area contributed by atoms with Gasteiger partial charge in [0.05, 0.1) is 0 Å². The van der Waals surface area contributed by atoms with Gasteiger partial charge in [-0.3, -0.25) is 9.78 Å². The summed E-state index contributed by atoms with van der Waals surface area (Å²) in [7, 11) is 1.54. The molecule has 0 saturated carbocycles. The monoisotopic (exact) mass is 442 g/mol. The fourth-order valence-corrected chi connectivity index (χ4v) is 3.22. The number of carbonyl (C=O) groups is 1. The molecule has 4 aromatic rings. The highest BCUT2D eigenvalue weighted by Gasteiger charge is 2.10. The molecule has 0 saturated heterocycles. The van der Waals surface area contributed by atoms with E-state index in [9.17, 15) is 4.79 Å². The van der Waals surface area contributed by atoms with Crippen molar-refractivity contribution in [3.05, 3.63) is 76.0 Å². The molecule has 9 heteroatoms. The van der Waals surface area contributed by atoms with Crippen molar-refractivity contribution in [1.29, 1.82) is 0 Å². The van der Waals surface area contributed by atoms with E-state index >= 15 is 0 Å². The van der Waals surface area contributed by atoms with Gasteiger partial charge in [-0.25, -0.2) is 0 Å². The van der Waals surface area contributed by atoms with Crippen LogP contribution in [0.15, 0.2) is 59.1 Å². The predicted octanol–water partition coefficient (Wildman–Crippen LogP) is 5.29. The van der Waals surface area contributed by atoms with Crippen LogP contribution in [0.2, 0.25) is 10.0 Å². The van der Waals surface area contributed by atoms with Crippen LogP contribution in [0.1, 0.15) is 16.1 Å². The van der Waals surface area contributed by atoms with Gasteiger partial charge in [-0.1, -0.05) is 29.3 Å². The van der Waals surface area contributed by atoms with Gasteiger partial charge in [0, 0.05) is 42.0 Å². The van der Waals surface area contributed by atoms with Crippen LogP contribution < -0.4 is 15.4 Å². The molecular formula is C21H16Cl2N4O3. The van der Waals surface area contributed by atoms with Crippen molar-refractivity contribution < 1.29 is 13.9 Å². The number of nitrogens with zero attached hydrogens (tertiary/aromatic N) is 2. The number of ether oxygens (including phenoxy) is 1. The lowest BCUT2D eigenvalue weighted by Gasteiger charge is -2.06. The second-order valence-corrected chi connectivity index (χ2v) is 7.14. The van der Waals surface area contributed by atoms with Crippen LogP contribution in [0.4, 0.5) is 6.01 Å². The predicted molar refractivity (Wildman–Crippen MR) is 115 cm³/mol. The van der Waals surface area contributed by atoms with Crippen molar-refractivity contribution in [1.82, 2.24) is 15.3 Å². The Morgan fingerprint density at radius 2 is 1.93 bits per heavy atom. The fraction of sp³-hybridized carbons (Fsp3) is 0.0952. The Hall–Kier alpha value is -3.29. The van der Waals surface area contributed by atoms with Crippen LogP contribution in [0, 0.1) is 0 Å². The standard InChI is InChI=1S/C21H16Cl2N4O3/c1-24-20(28)18-9-15(6-7-25-18)29-14-4-5-17-19(10-14)30-21(27-17)26-11-12-2-3-13(22)8-16(12)23/h2-10H,11H2,1H3,(H,24,28)(H,26,27). The van der Waals surface area contributed by atoms with Gasteiger partial charge in [0.25, 0.3) is 11.9 Å². The maximum Gasteiger partial charge on any atom is 0.295 e. The van der Waals surface area contributed by atoms with Crippen LogP contribution in [-0.2, 0) is 6.54 Å². The molecule has 30 heavy (non-hydrogen) atoms. The lowest BCUT2D eigenvalue weighted by atomic mass is 10.2. The summed E-state index contributed by atoms with van der Waals surface area (Å²) < 4.78 is 11.6. The summed E-state index contributed by atoms with van der Waals surface area (Å²) in [5, 5.41) is 6.78. The summed E-state index contributed by atoms with van der Waals surface area (Å²) in [4.78, 5) is 20.1. The molecule has 0 spiro atoms. The van der Waals surface area contributed by atoms with E-state index in [2.05, 4.69) is 20.6 Å². The largest absolute Gasteiger partial charge is 0.457 e. The third kappa shape index (κ3) is 4.48. The summed E-state index contributed by atoms with van der Waals surface area (Å²) in [5.74, 6) is 0.737. The molecular weight excluding hydrogens is 427 g/mol. The van der Waals surface area contributed by atoms with Crippen LogP contribution >= 0.6 is 23.2 Å². The van der Waals surface area contributed by atoms with Gasteiger partial charge in [0.15, 0.2) is 5.58 Å². The molecule has 2 aromatic heterocycles. The number of fused-ring (bicyclic) bond motifs is 1. The highest BCUT2D eigenvalue weighted by molar-refractivity contribution is 6.35. The first kappa shape index (κ1) is 20.0. The SMILES string of the molecule is CNC(=O)c1cc(Oc2ccc3nc(NCc4ccc(Cl)cc4Cl)oc3c2)ccn1. The smallest absolute Gasteiger partial charge is 0.295 e. The summed E-state index contributed by atoms with van der Waals surface area (Å²) in [6.07, 6.45) is 1.51. The van der Waals surface area contributed by atoms with E-state index in [0.29, 0.717) is 45.2 Å². The van der Waals surface area contributed by atoms with Crippen LogP contribution in [-0.4, -0.2) is 22.9 Å². The van der Waals surface area contributed by atoms with Gasteiger partial charge in [-0.2, -0.15) is 4.98 Å². The average molecular weight is 443 g/mol. The summed E-state index contributed by atoms with van der Waals surface area (Å²) in [5.41, 5.74) is 2.37. The zero-order chi connectivity index (χ0) is 21.1. The molecule has 1 amide bonds. The second-order valence-electron chi connectivity index (χ2n) is 6.30. The zero-order valence-electron chi connectivity index (χ0n) is 15.8. The van der Waals surface area contributed by atoms with Crippen LogP contribution in [0.25, 0.3) is 11.1 Å². The number of halogens is 2. The van der Waals surface area contributed by atoms with E-state index in [1.807, 2.05) is 6.07 Å². The molecule has 7 nitrogen and oxygen atoms in total. The summed E-state index contributed by atoms with van der Waals surface area (Å²) in [6.45, 7) is 0.436. The first-order valence-corrected chi connectivity index (χ1v) is 9.72. The maximum absolute atomic E-state index is 11.7. The molecule has 0 unspecified atom stereocenters. The van der Waals surface area contributed by atoms with Gasteiger partial charge in [-0.15, -0.1) is 0 Å². The molecule has 0 atom stereocenters. The van der Waals surface area contributed by atoms with Crippen LogP contribution in [0.5, 0.6) is 11.5 Å². The second kappa shape index (κ2) is 8.61. The van der Waals surface area contributed by atoms with E-state index < -0.39 is 0 Å². The normalized spacial score (nSPS) is 10.8. The Balaban J connectivity index is 1.49. The number of pyridine rings is 1. The molecule has 2 heterocycles. The highest BCUT2D eigenvalue weighted by atomic mass is 35.5. The Morgan fingerprint density at radius 1 is 1.10 bits per heavy atom. The third-order valence-electron chi connectivity index (χ3n) is 4.23. The van der Waals surface area contributed by atoms with Crippen molar-refractivity contribution in [2.45, 2.75) is 6.54 Å². The number of nitrogens with one attached hydrogen (secondary N) is 2. The Bertz CT molecular complexity index is 1230. The molecule has 152 valence electrons. The number of carbonyl (C=O) groups excluding carboxylic acids is 1. The molecule has 0 aliphatic rings. The highest BCUT2D eigenvalue weighted by Crippen LogP contribution is 2.28. The van der Waals surface area contributed by atoms with Crippen molar-refractivity contribution in [3.8, 4) is 11.5 Å². The number of hydrogen-bond acceptors (Lipinski definition) is 6. The average Bonchev–Trinajstić information content (AvgIpc) is 3.15. The number of aromatic nitrogens is 2. The van der Waals surface area contributed by atoms with Gasteiger partial charge in [-0.05, 0) is 35.9 Å². The van der Waals surface area contributed by atoms with Gasteiger partial charge < -0.3 is 19.8 Å². The van der Waals surface area contributed by atoms with E-state index in [0.717, 1.165) is 5.56 Å². The minimum Gasteiger partial charge on any atom is -0.457 e. The first-order chi connectivity index (χ1) is 14.5. The summed E-state index contributed by atoms with van der Waals surface area (Å²) in [6, 6.07) is 14.2. The van der Waals surface area contributed by atoms with E-state index in [-0.39, 0.29) is 11.6 Å². The molecule has 0 fully saturated rings. The van der Waals surface area contributed by atoms with E-state index in [1.54, 1.807) is 49.5 Å². The van der Waals surface area contributed by atoms with Gasteiger partial charge in [0.1, 0.15) is 22.7 Å². The lowest BCUT2D eigenvalue weighted by Crippen LogP contribution is -2.18. The maximum atomic E-state index is 11.7. The zero-order valence-corrected chi connectivity index (χ0v) is 17.3. The molecule has 2 N–H and O–H groups in total. The van der Waals surface area contributed by atoms with Gasteiger partial charge >= 0.3 is 0 Å². The molecule has 0 bridgehead atoms. The molecule has 4 rings (SSSR count). The molecule has 0 radical (unpaired) electrons. The van der Waals surface area contributed by atoms with Crippen molar-refractivity contribution in [3.63, 3.8) is 0 Å². The molecule has 0 aliphatic heterocycles. The van der Waals surface area contributed by atoms with E-state index in [1.165, 1.54) is 6.20 Å². The minimum atomic E-state index is -0.289. The Labute approximate surface area is 182 Å². The number of amides is 1. The molecule has 0 aliphatic carbocycles. The fourth-order valence-electron chi connectivity index (χ4n) is 2.74.